The van der Waals surface area contributed by atoms with Gasteiger partial charge in [0, 0.05) is 5.56 Å². The number of para-hydroxylation sites is 1. The van der Waals surface area contributed by atoms with E-state index < -0.39 is 17.3 Å². The largest absolute Gasteiger partial charge is 0.496 e. The van der Waals surface area contributed by atoms with Crippen LogP contribution >= 0.6 is 15.9 Å². The maximum absolute atomic E-state index is 13.3. The van der Waals surface area contributed by atoms with Crippen molar-refractivity contribution in [2.75, 3.05) is 7.11 Å². The molecule has 9 heteroatoms. The summed E-state index contributed by atoms with van der Waals surface area (Å²) in [4.78, 5) is 17.6. The minimum Gasteiger partial charge on any atom is -0.496 e. The second-order valence-electron chi connectivity index (χ2n) is 6.79. The van der Waals surface area contributed by atoms with Crippen LogP contribution in [-0.2, 0) is 6.18 Å². The molecule has 0 N–H and O–H groups in total. The molecule has 0 aliphatic heterocycles. The van der Waals surface area contributed by atoms with Gasteiger partial charge in [-0.3, -0.25) is 4.79 Å². The van der Waals surface area contributed by atoms with E-state index in [1.54, 1.807) is 42.5 Å². The van der Waals surface area contributed by atoms with Gasteiger partial charge in [0.25, 0.3) is 5.56 Å². The van der Waals surface area contributed by atoms with Gasteiger partial charge in [0.1, 0.15) is 5.75 Å². The lowest BCUT2D eigenvalue weighted by molar-refractivity contribution is -0.137. The van der Waals surface area contributed by atoms with Crippen LogP contribution in [0.25, 0.3) is 22.3 Å². The van der Waals surface area contributed by atoms with Crippen LogP contribution in [0.15, 0.2) is 81.1 Å². The average molecular weight is 502 g/mol. The molecule has 1 aromatic heterocycles. The summed E-state index contributed by atoms with van der Waals surface area (Å²) in [6.07, 6.45) is -3.10. The van der Waals surface area contributed by atoms with E-state index in [0.29, 0.717) is 26.7 Å². The van der Waals surface area contributed by atoms with Crippen molar-refractivity contribution in [1.29, 1.82) is 0 Å². The predicted molar refractivity (Wildman–Crippen MR) is 120 cm³/mol. The highest BCUT2D eigenvalue weighted by atomic mass is 79.9. The molecule has 0 atom stereocenters. The van der Waals surface area contributed by atoms with Gasteiger partial charge in [0.2, 0.25) is 0 Å². The van der Waals surface area contributed by atoms with Gasteiger partial charge in [-0.25, -0.2) is 4.98 Å². The predicted octanol–water partition coefficient (Wildman–Crippen LogP) is 5.74. The normalized spacial score (nSPS) is 11.9. The molecule has 0 amide bonds. The number of aromatic nitrogens is 2. The van der Waals surface area contributed by atoms with Crippen molar-refractivity contribution in [1.82, 2.24) is 9.66 Å². The van der Waals surface area contributed by atoms with Crippen LogP contribution < -0.4 is 10.3 Å². The Bertz CT molecular complexity index is 1400. The van der Waals surface area contributed by atoms with Crippen molar-refractivity contribution in [2.45, 2.75) is 6.18 Å². The number of nitrogens with zero attached hydrogens (tertiary/aromatic N) is 3. The van der Waals surface area contributed by atoms with Crippen LogP contribution in [0, 0.1) is 0 Å². The zero-order valence-electron chi connectivity index (χ0n) is 16.6. The highest BCUT2D eigenvalue weighted by molar-refractivity contribution is 9.10. The van der Waals surface area contributed by atoms with Gasteiger partial charge in [-0.05, 0) is 64.0 Å². The fourth-order valence-corrected chi connectivity index (χ4v) is 3.70. The Hall–Kier alpha value is -3.46. The molecule has 0 fully saturated rings. The molecule has 162 valence electrons. The van der Waals surface area contributed by atoms with E-state index in [2.05, 4.69) is 26.0 Å². The second kappa shape index (κ2) is 8.58. The molecule has 5 nitrogen and oxygen atoms in total. The number of hydrogen-bond acceptors (Lipinski definition) is 4. The SMILES string of the molecule is COc1ccc(C=Nn2c(-c3cccc(C(F)(F)F)c3)nc3ccccc3c2=O)cc1Br. The number of rotatable bonds is 4. The molecule has 0 saturated heterocycles. The first kappa shape index (κ1) is 21.8. The number of ether oxygens (including phenoxy) is 1. The highest BCUT2D eigenvalue weighted by Gasteiger charge is 2.30. The van der Waals surface area contributed by atoms with Crippen LogP contribution in [0.5, 0.6) is 5.75 Å². The summed E-state index contributed by atoms with van der Waals surface area (Å²) in [6, 6.07) is 16.5. The number of benzene rings is 3. The zero-order chi connectivity index (χ0) is 22.9. The third kappa shape index (κ3) is 4.29. The van der Waals surface area contributed by atoms with Gasteiger partial charge >= 0.3 is 6.18 Å². The average Bonchev–Trinajstić information content (AvgIpc) is 2.78. The number of alkyl halides is 3. The lowest BCUT2D eigenvalue weighted by Crippen LogP contribution is -2.20. The quantitative estimate of drug-likeness (QED) is 0.335. The Balaban J connectivity index is 1.91. The van der Waals surface area contributed by atoms with Crippen molar-refractivity contribution in [3.05, 3.63) is 92.7 Å². The van der Waals surface area contributed by atoms with Gasteiger partial charge in [-0.1, -0.05) is 24.3 Å². The summed E-state index contributed by atoms with van der Waals surface area (Å²) in [6.45, 7) is 0. The first-order chi connectivity index (χ1) is 15.3. The molecule has 0 radical (unpaired) electrons. The molecule has 0 aliphatic rings. The molecule has 4 aromatic rings. The Morgan fingerprint density at radius 3 is 2.56 bits per heavy atom. The summed E-state index contributed by atoms with van der Waals surface area (Å²) in [5.41, 5.74) is -0.203. The fraction of sp³-hybridized carbons (Fsp3) is 0.0870. The standard InChI is InChI=1S/C23H15BrF3N3O2/c1-32-20-10-9-14(11-18(20)24)13-28-30-21(15-5-4-6-16(12-15)23(25,26)27)29-19-8-3-2-7-17(19)22(30)31/h2-13H,1H3. The van der Waals surface area contributed by atoms with E-state index in [-0.39, 0.29) is 11.4 Å². The summed E-state index contributed by atoms with van der Waals surface area (Å²) in [5.74, 6) is 0.625. The molecule has 3 aromatic carbocycles. The van der Waals surface area contributed by atoms with Gasteiger partial charge in [0.05, 0.1) is 34.3 Å². The Labute approximate surface area is 188 Å². The summed E-state index contributed by atoms with van der Waals surface area (Å²) in [5, 5.41) is 4.57. The van der Waals surface area contributed by atoms with Gasteiger partial charge in [0.15, 0.2) is 5.82 Å². The zero-order valence-corrected chi connectivity index (χ0v) is 18.2. The van der Waals surface area contributed by atoms with E-state index >= 15 is 0 Å². The Kier molecular flexibility index (Phi) is 5.84. The monoisotopic (exact) mass is 501 g/mol. The summed E-state index contributed by atoms with van der Waals surface area (Å²) in [7, 11) is 1.54. The van der Waals surface area contributed by atoms with E-state index in [0.717, 1.165) is 16.8 Å². The van der Waals surface area contributed by atoms with E-state index in [9.17, 15) is 18.0 Å². The van der Waals surface area contributed by atoms with Gasteiger partial charge in [-0.15, -0.1) is 0 Å². The number of hydrogen-bond donors (Lipinski definition) is 0. The Morgan fingerprint density at radius 2 is 1.84 bits per heavy atom. The van der Waals surface area contributed by atoms with Crippen LogP contribution in [-0.4, -0.2) is 23.0 Å². The van der Waals surface area contributed by atoms with Crippen LogP contribution in [0.3, 0.4) is 0 Å². The molecule has 1 heterocycles. The summed E-state index contributed by atoms with van der Waals surface area (Å²) >= 11 is 3.38. The fourth-order valence-electron chi connectivity index (χ4n) is 3.14. The lowest BCUT2D eigenvalue weighted by atomic mass is 10.1. The van der Waals surface area contributed by atoms with E-state index in [1.807, 2.05) is 0 Å². The number of methoxy groups -OCH3 is 1. The van der Waals surface area contributed by atoms with E-state index in [1.165, 1.54) is 25.5 Å². The van der Waals surface area contributed by atoms with Crippen LogP contribution in [0.1, 0.15) is 11.1 Å². The minimum absolute atomic E-state index is 0.00336. The van der Waals surface area contributed by atoms with E-state index in [4.69, 9.17) is 4.74 Å². The molecule has 32 heavy (non-hydrogen) atoms. The number of fused-ring (bicyclic) bond motifs is 1. The van der Waals surface area contributed by atoms with Crippen molar-refractivity contribution in [2.24, 2.45) is 5.10 Å². The molecule has 0 unspecified atom stereocenters. The maximum atomic E-state index is 13.3. The molecule has 0 saturated carbocycles. The Morgan fingerprint density at radius 1 is 1.06 bits per heavy atom. The van der Waals surface area contributed by atoms with Crippen molar-refractivity contribution in [3.8, 4) is 17.1 Å². The molecule has 0 bridgehead atoms. The molecular weight excluding hydrogens is 487 g/mol. The second-order valence-corrected chi connectivity index (χ2v) is 7.64. The third-order valence-corrected chi connectivity index (χ3v) is 5.32. The highest BCUT2D eigenvalue weighted by Crippen LogP contribution is 2.32. The molecule has 4 rings (SSSR count). The minimum atomic E-state index is -4.53. The smallest absolute Gasteiger partial charge is 0.416 e. The van der Waals surface area contributed by atoms with Gasteiger partial charge in [-0.2, -0.15) is 22.9 Å². The third-order valence-electron chi connectivity index (χ3n) is 4.70. The maximum Gasteiger partial charge on any atom is 0.416 e. The first-order valence-corrected chi connectivity index (χ1v) is 10.1. The van der Waals surface area contributed by atoms with Crippen LogP contribution in [0.4, 0.5) is 13.2 Å². The van der Waals surface area contributed by atoms with Crippen molar-refractivity contribution in [3.63, 3.8) is 0 Å². The molecule has 0 aliphatic carbocycles. The first-order valence-electron chi connectivity index (χ1n) is 9.35. The van der Waals surface area contributed by atoms with Crippen LogP contribution in [0.2, 0.25) is 0 Å². The lowest BCUT2D eigenvalue weighted by Gasteiger charge is -2.12. The topological polar surface area (TPSA) is 56.5 Å². The molecule has 0 spiro atoms. The number of halogens is 4. The van der Waals surface area contributed by atoms with Crippen molar-refractivity contribution < 1.29 is 17.9 Å². The van der Waals surface area contributed by atoms with Crippen molar-refractivity contribution >= 4 is 33.0 Å². The molecular formula is C23H15BrF3N3O2. The summed E-state index contributed by atoms with van der Waals surface area (Å²) < 4.78 is 46.6. The van der Waals surface area contributed by atoms with Gasteiger partial charge < -0.3 is 4.74 Å².